The van der Waals surface area contributed by atoms with E-state index in [9.17, 15) is 4.79 Å². The van der Waals surface area contributed by atoms with Gasteiger partial charge in [0.05, 0.1) is 24.9 Å². The molecule has 0 unspecified atom stereocenters. The van der Waals surface area contributed by atoms with E-state index in [-0.39, 0.29) is 5.91 Å². The predicted octanol–water partition coefficient (Wildman–Crippen LogP) is 3.53. The fraction of sp³-hybridized carbons (Fsp3) is 0.550. The first-order valence-corrected chi connectivity index (χ1v) is 10.9. The van der Waals surface area contributed by atoms with E-state index in [1.165, 1.54) is 19.3 Å². The third kappa shape index (κ3) is 3.06. The minimum atomic E-state index is 0.0528. The number of morpholine rings is 1. The molecule has 27 heavy (non-hydrogen) atoms. The Labute approximate surface area is 163 Å². The molecular weight excluding hydrogens is 360 g/mol. The average molecular weight is 385 g/mol. The maximum absolute atomic E-state index is 13.2. The molecule has 2 aromatic heterocycles. The van der Waals surface area contributed by atoms with Gasteiger partial charge in [0.1, 0.15) is 5.03 Å². The molecule has 1 amide bonds. The second-order valence-corrected chi connectivity index (χ2v) is 8.43. The number of rotatable bonds is 2. The topological polar surface area (TPSA) is 60.2 Å². The number of fused-ring (bicyclic) bond motifs is 3. The number of ether oxygens (including phenoxy) is 1. The molecule has 6 nitrogen and oxygen atoms in total. The molecule has 0 radical (unpaired) electrons. The van der Waals surface area contributed by atoms with Gasteiger partial charge < -0.3 is 9.64 Å². The van der Waals surface area contributed by atoms with Crippen molar-refractivity contribution in [3.05, 3.63) is 29.6 Å². The van der Waals surface area contributed by atoms with Crippen molar-refractivity contribution in [1.82, 2.24) is 19.7 Å². The van der Waals surface area contributed by atoms with Crippen LogP contribution in [0, 0.1) is 0 Å². The molecule has 1 aliphatic carbocycles. The molecule has 3 aliphatic rings. The number of nitrogens with zero attached hydrogens (tertiary/aromatic N) is 4. The van der Waals surface area contributed by atoms with Crippen LogP contribution in [0.5, 0.6) is 0 Å². The van der Waals surface area contributed by atoms with Gasteiger partial charge in [0.2, 0.25) is 0 Å². The number of pyridine rings is 1. The van der Waals surface area contributed by atoms with E-state index in [4.69, 9.17) is 9.84 Å². The normalized spacial score (nSPS) is 20.2. The Kier molecular flexibility index (Phi) is 4.65. The highest BCUT2D eigenvalue weighted by Crippen LogP contribution is 2.44. The lowest BCUT2D eigenvalue weighted by atomic mass is 9.95. The van der Waals surface area contributed by atoms with Crippen LogP contribution in [-0.4, -0.2) is 51.9 Å². The smallest absolute Gasteiger partial charge is 0.274 e. The molecule has 2 aliphatic heterocycles. The van der Waals surface area contributed by atoms with Crippen LogP contribution in [0.2, 0.25) is 0 Å². The second-order valence-electron chi connectivity index (χ2n) is 7.46. The molecule has 5 rings (SSSR count). The van der Waals surface area contributed by atoms with Gasteiger partial charge >= 0.3 is 0 Å². The van der Waals surface area contributed by atoms with Crippen LogP contribution in [0.25, 0.3) is 11.3 Å². The molecule has 1 saturated heterocycles. The average Bonchev–Trinajstić information content (AvgIpc) is 3.15. The number of aromatic nitrogens is 3. The summed E-state index contributed by atoms with van der Waals surface area (Å²) in [6, 6.07) is 4.49. The number of hydrogen-bond acceptors (Lipinski definition) is 5. The van der Waals surface area contributed by atoms with Crippen LogP contribution >= 0.6 is 11.8 Å². The molecule has 0 N–H and O–H groups in total. The van der Waals surface area contributed by atoms with Gasteiger partial charge in [0.25, 0.3) is 5.91 Å². The molecule has 0 aromatic carbocycles. The molecule has 1 saturated carbocycles. The zero-order valence-electron chi connectivity index (χ0n) is 15.4. The summed E-state index contributed by atoms with van der Waals surface area (Å²) in [6.07, 6.45) is 7.90. The summed E-state index contributed by atoms with van der Waals surface area (Å²) in [5, 5.41) is 5.98. The quantitative estimate of drug-likeness (QED) is 0.793. The maximum atomic E-state index is 13.2. The van der Waals surface area contributed by atoms with Crippen molar-refractivity contribution < 1.29 is 9.53 Å². The summed E-state index contributed by atoms with van der Waals surface area (Å²) < 4.78 is 7.58. The van der Waals surface area contributed by atoms with Crippen LogP contribution < -0.4 is 0 Å². The largest absolute Gasteiger partial charge is 0.378 e. The van der Waals surface area contributed by atoms with Gasteiger partial charge in [-0.1, -0.05) is 19.3 Å². The van der Waals surface area contributed by atoms with Gasteiger partial charge in [0, 0.05) is 36.2 Å². The summed E-state index contributed by atoms with van der Waals surface area (Å²) in [5.41, 5.74) is 3.98. The Morgan fingerprint density at radius 3 is 2.81 bits per heavy atom. The van der Waals surface area contributed by atoms with Crippen molar-refractivity contribution in [1.29, 1.82) is 0 Å². The molecule has 0 atom stereocenters. The lowest BCUT2D eigenvalue weighted by molar-refractivity contribution is 0.0297. The fourth-order valence-electron chi connectivity index (χ4n) is 4.40. The van der Waals surface area contributed by atoms with Crippen LogP contribution in [-0.2, 0) is 10.5 Å². The maximum Gasteiger partial charge on any atom is 0.274 e. The standard InChI is InChI=1S/C20H24N4O2S/c25-20(23-9-11-26-12-10-23)17-16-13-27-19-15(7-4-8-21-19)18(16)24(22-17)14-5-2-1-3-6-14/h4,7-8,14H,1-3,5-6,9-13H2. The minimum absolute atomic E-state index is 0.0528. The molecule has 4 heterocycles. The molecule has 2 aromatic rings. The predicted molar refractivity (Wildman–Crippen MR) is 104 cm³/mol. The highest BCUT2D eigenvalue weighted by atomic mass is 32.2. The Bertz CT molecular complexity index is 854. The van der Waals surface area contributed by atoms with Crippen LogP contribution in [0.15, 0.2) is 23.4 Å². The highest BCUT2D eigenvalue weighted by Gasteiger charge is 2.34. The molecule has 0 spiro atoms. The number of amides is 1. The third-order valence-electron chi connectivity index (χ3n) is 5.81. The monoisotopic (exact) mass is 384 g/mol. The second kappa shape index (κ2) is 7.28. The van der Waals surface area contributed by atoms with Crippen molar-refractivity contribution in [2.75, 3.05) is 26.3 Å². The van der Waals surface area contributed by atoms with E-state index in [0.717, 1.165) is 40.4 Å². The van der Waals surface area contributed by atoms with E-state index in [1.807, 2.05) is 17.2 Å². The number of carbonyl (C=O) groups is 1. The Balaban J connectivity index is 1.61. The lowest BCUT2D eigenvalue weighted by Crippen LogP contribution is -2.41. The van der Waals surface area contributed by atoms with Gasteiger partial charge in [0.15, 0.2) is 5.69 Å². The summed E-state index contributed by atoms with van der Waals surface area (Å²) in [5.74, 6) is 0.814. The first-order chi connectivity index (χ1) is 13.3. The Hall–Kier alpha value is -1.86. The van der Waals surface area contributed by atoms with E-state index < -0.39 is 0 Å². The van der Waals surface area contributed by atoms with E-state index in [1.54, 1.807) is 11.8 Å². The summed E-state index contributed by atoms with van der Waals surface area (Å²) in [6.45, 7) is 2.52. The summed E-state index contributed by atoms with van der Waals surface area (Å²) in [4.78, 5) is 19.7. The zero-order valence-corrected chi connectivity index (χ0v) is 16.2. The molecule has 7 heteroatoms. The van der Waals surface area contributed by atoms with Gasteiger partial charge in [-0.05, 0) is 25.0 Å². The number of carbonyl (C=O) groups excluding carboxylic acids is 1. The van der Waals surface area contributed by atoms with Crippen molar-refractivity contribution >= 4 is 17.7 Å². The van der Waals surface area contributed by atoms with Gasteiger partial charge in [-0.3, -0.25) is 9.48 Å². The van der Waals surface area contributed by atoms with E-state index in [0.29, 0.717) is 38.0 Å². The first-order valence-electron chi connectivity index (χ1n) is 9.89. The van der Waals surface area contributed by atoms with E-state index >= 15 is 0 Å². The van der Waals surface area contributed by atoms with Crippen LogP contribution in [0.3, 0.4) is 0 Å². The summed E-state index contributed by atoms with van der Waals surface area (Å²) >= 11 is 1.71. The third-order valence-corrected chi connectivity index (χ3v) is 6.84. The van der Waals surface area contributed by atoms with Crippen molar-refractivity contribution in [2.24, 2.45) is 0 Å². The van der Waals surface area contributed by atoms with Gasteiger partial charge in [-0.2, -0.15) is 5.10 Å². The molecule has 0 bridgehead atoms. The molecule has 142 valence electrons. The van der Waals surface area contributed by atoms with E-state index in [2.05, 4.69) is 15.7 Å². The SMILES string of the molecule is O=C(c1nn(C2CCCCC2)c2c1CSc1ncccc1-2)N1CCOCC1. The first kappa shape index (κ1) is 17.3. The lowest BCUT2D eigenvalue weighted by Gasteiger charge is -2.26. The van der Waals surface area contributed by atoms with Crippen LogP contribution in [0.4, 0.5) is 0 Å². The fourth-order valence-corrected chi connectivity index (χ4v) is 5.41. The highest BCUT2D eigenvalue weighted by molar-refractivity contribution is 7.98. The van der Waals surface area contributed by atoms with Crippen molar-refractivity contribution in [3.8, 4) is 11.3 Å². The van der Waals surface area contributed by atoms with Crippen molar-refractivity contribution in [3.63, 3.8) is 0 Å². The number of thioether (sulfide) groups is 1. The zero-order chi connectivity index (χ0) is 18.2. The Morgan fingerprint density at radius 2 is 2.00 bits per heavy atom. The molecule has 2 fully saturated rings. The van der Waals surface area contributed by atoms with Gasteiger partial charge in [-0.15, -0.1) is 11.8 Å². The number of hydrogen-bond donors (Lipinski definition) is 0. The van der Waals surface area contributed by atoms with Crippen LogP contribution in [0.1, 0.15) is 54.2 Å². The van der Waals surface area contributed by atoms with Crippen molar-refractivity contribution in [2.45, 2.75) is 48.9 Å². The van der Waals surface area contributed by atoms with Gasteiger partial charge in [-0.25, -0.2) is 4.98 Å². The summed E-state index contributed by atoms with van der Waals surface area (Å²) in [7, 11) is 0. The minimum Gasteiger partial charge on any atom is -0.378 e. The Morgan fingerprint density at radius 1 is 1.19 bits per heavy atom. The molecular formula is C20H24N4O2S.